The second kappa shape index (κ2) is 4.55. The van der Waals surface area contributed by atoms with Crippen LogP contribution in [0.2, 0.25) is 0 Å². The first-order chi connectivity index (χ1) is 4.66. The highest BCUT2D eigenvalue weighted by Crippen LogP contribution is 1.70. The number of carbonyl (C=O) groups excluding carboxylic acids is 2. The highest BCUT2D eigenvalue weighted by Gasteiger charge is 1.90. The molecule has 0 aliphatic carbocycles. The topological polar surface area (TPSA) is 72.2 Å². The molecule has 56 valence electrons. The number of amides is 2. The Hall–Kier alpha value is -1.32. The van der Waals surface area contributed by atoms with E-state index in [0.717, 1.165) is 12.2 Å². The van der Waals surface area contributed by atoms with Gasteiger partial charge in [-0.05, 0) is 6.92 Å². The summed E-state index contributed by atoms with van der Waals surface area (Å²) >= 11 is 0. The monoisotopic (exact) mass is 142 g/mol. The molecule has 0 aromatic carbocycles. The Morgan fingerprint density at radius 2 is 2.10 bits per heavy atom. The number of likely N-dealkylation sites (N-methyl/N-ethyl adjacent to an activating group) is 1. The van der Waals surface area contributed by atoms with E-state index >= 15 is 0 Å². The molecule has 0 bridgehead atoms. The molecule has 0 atom stereocenters. The number of nitrogens with one attached hydrogen (secondary N) is 1. The van der Waals surface area contributed by atoms with Crippen LogP contribution >= 0.6 is 0 Å². The van der Waals surface area contributed by atoms with Crippen LogP contribution in [0.4, 0.5) is 0 Å². The SMILES string of the molecule is CCNC(=O)/C=C\C(N)=O. The van der Waals surface area contributed by atoms with Crippen molar-refractivity contribution in [2.75, 3.05) is 6.54 Å². The Morgan fingerprint density at radius 3 is 2.50 bits per heavy atom. The summed E-state index contributed by atoms with van der Waals surface area (Å²) in [6.07, 6.45) is 2.12. The molecular formula is C6H10N2O2. The Balaban J connectivity index is 3.67. The second-order valence-corrected chi connectivity index (χ2v) is 1.63. The molecule has 10 heavy (non-hydrogen) atoms. The minimum absolute atomic E-state index is 0.304. The summed E-state index contributed by atoms with van der Waals surface area (Å²) in [6.45, 7) is 2.33. The standard InChI is InChI=1S/C6H10N2O2/c1-2-8-6(10)4-3-5(7)9/h3-4H,2H2,1H3,(H2,7,9)(H,8,10)/b4-3-. The number of rotatable bonds is 3. The highest BCUT2D eigenvalue weighted by molar-refractivity contribution is 5.95. The van der Waals surface area contributed by atoms with E-state index in [0.29, 0.717) is 6.54 Å². The molecule has 2 amide bonds. The van der Waals surface area contributed by atoms with Crippen molar-refractivity contribution in [1.29, 1.82) is 0 Å². The van der Waals surface area contributed by atoms with Crippen LogP contribution in [-0.4, -0.2) is 18.4 Å². The van der Waals surface area contributed by atoms with E-state index in [9.17, 15) is 9.59 Å². The first-order valence-electron chi connectivity index (χ1n) is 2.92. The fourth-order valence-corrected chi connectivity index (χ4v) is 0.391. The average molecular weight is 142 g/mol. The zero-order chi connectivity index (χ0) is 7.98. The summed E-state index contributed by atoms with van der Waals surface area (Å²) in [7, 11) is 0. The van der Waals surface area contributed by atoms with Gasteiger partial charge in [-0.1, -0.05) is 0 Å². The van der Waals surface area contributed by atoms with E-state index in [1.807, 2.05) is 0 Å². The molecule has 0 aromatic heterocycles. The third-order valence-corrected chi connectivity index (χ3v) is 0.750. The van der Waals surface area contributed by atoms with Crippen LogP contribution < -0.4 is 11.1 Å². The van der Waals surface area contributed by atoms with Gasteiger partial charge in [0.2, 0.25) is 11.8 Å². The smallest absolute Gasteiger partial charge is 0.244 e. The number of carbonyl (C=O) groups is 2. The molecule has 0 fully saturated rings. The average Bonchev–Trinajstić information content (AvgIpc) is 1.85. The van der Waals surface area contributed by atoms with Crippen LogP contribution in [0, 0.1) is 0 Å². The van der Waals surface area contributed by atoms with Crippen molar-refractivity contribution in [1.82, 2.24) is 5.32 Å². The van der Waals surface area contributed by atoms with Crippen molar-refractivity contribution in [2.24, 2.45) is 5.73 Å². The lowest BCUT2D eigenvalue weighted by Crippen LogP contribution is -2.20. The van der Waals surface area contributed by atoms with Crippen molar-refractivity contribution in [2.45, 2.75) is 6.92 Å². The molecule has 0 saturated heterocycles. The lowest BCUT2D eigenvalue weighted by atomic mass is 10.4. The Labute approximate surface area is 59.1 Å². The van der Waals surface area contributed by atoms with E-state index in [-0.39, 0.29) is 5.91 Å². The Kier molecular flexibility index (Phi) is 3.95. The maximum absolute atomic E-state index is 10.5. The predicted molar refractivity (Wildman–Crippen MR) is 37.0 cm³/mol. The van der Waals surface area contributed by atoms with Crippen molar-refractivity contribution >= 4 is 11.8 Å². The molecule has 0 saturated carbocycles. The molecule has 0 radical (unpaired) electrons. The van der Waals surface area contributed by atoms with Gasteiger partial charge >= 0.3 is 0 Å². The van der Waals surface area contributed by atoms with Gasteiger partial charge in [-0.2, -0.15) is 0 Å². The van der Waals surface area contributed by atoms with Gasteiger partial charge in [-0.3, -0.25) is 9.59 Å². The van der Waals surface area contributed by atoms with Crippen molar-refractivity contribution in [3.05, 3.63) is 12.2 Å². The van der Waals surface area contributed by atoms with Crippen molar-refractivity contribution in [3.8, 4) is 0 Å². The highest BCUT2D eigenvalue weighted by atomic mass is 16.2. The van der Waals surface area contributed by atoms with Crippen LogP contribution in [0.5, 0.6) is 0 Å². The van der Waals surface area contributed by atoms with E-state index in [1.54, 1.807) is 6.92 Å². The summed E-state index contributed by atoms with van der Waals surface area (Å²) in [6, 6.07) is 0. The van der Waals surface area contributed by atoms with E-state index in [2.05, 4.69) is 5.32 Å². The molecule has 4 nitrogen and oxygen atoms in total. The summed E-state index contributed by atoms with van der Waals surface area (Å²) < 4.78 is 0. The van der Waals surface area contributed by atoms with Gasteiger partial charge in [0.1, 0.15) is 0 Å². The van der Waals surface area contributed by atoms with Crippen LogP contribution in [0.15, 0.2) is 12.2 Å². The van der Waals surface area contributed by atoms with Crippen LogP contribution in [0.25, 0.3) is 0 Å². The normalized spacial score (nSPS) is 9.70. The van der Waals surface area contributed by atoms with Crippen molar-refractivity contribution in [3.63, 3.8) is 0 Å². The van der Waals surface area contributed by atoms with E-state index in [4.69, 9.17) is 5.73 Å². The number of hydrogen-bond acceptors (Lipinski definition) is 2. The zero-order valence-corrected chi connectivity index (χ0v) is 5.76. The molecule has 0 aliphatic rings. The summed E-state index contributed by atoms with van der Waals surface area (Å²) in [5.41, 5.74) is 4.73. The lowest BCUT2D eigenvalue weighted by Gasteiger charge is -1.92. The molecule has 0 unspecified atom stereocenters. The predicted octanol–water partition coefficient (Wildman–Crippen LogP) is -0.836. The molecule has 3 N–H and O–H groups in total. The zero-order valence-electron chi connectivity index (χ0n) is 5.76. The fraction of sp³-hybridized carbons (Fsp3) is 0.333. The third-order valence-electron chi connectivity index (χ3n) is 0.750. The van der Waals surface area contributed by atoms with Gasteiger partial charge in [0.05, 0.1) is 0 Å². The largest absolute Gasteiger partial charge is 0.366 e. The van der Waals surface area contributed by atoms with Gasteiger partial charge < -0.3 is 11.1 Å². The first-order valence-corrected chi connectivity index (χ1v) is 2.92. The van der Waals surface area contributed by atoms with Crippen LogP contribution in [0.1, 0.15) is 6.92 Å². The fourth-order valence-electron chi connectivity index (χ4n) is 0.391. The number of nitrogens with two attached hydrogens (primary N) is 1. The second-order valence-electron chi connectivity index (χ2n) is 1.63. The molecule has 0 aromatic rings. The molecular weight excluding hydrogens is 132 g/mol. The molecule has 0 heterocycles. The van der Waals surface area contributed by atoms with Gasteiger partial charge in [-0.15, -0.1) is 0 Å². The van der Waals surface area contributed by atoms with E-state index in [1.165, 1.54) is 0 Å². The summed E-state index contributed by atoms with van der Waals surface area (Å²) in [5, 5.41) is 2.47. The summed E-state index contributed by atoms with van der Waals surface area (Å²) in [4.78, 5) is 20.6. The lowest BCUT2D eigenvalue weighted by molar-refractivity contribution is -0.117. The minimum atomic E-state index is -0.619. The van der Waals surface area contributed by atoms with E-state index < -0.39 is 5.91 Å². The maximum Gasteiger partial charge on any atom is 0.244 e. The molecule has 0 spiro atoms. The Morgan fingerprint density at radius 1 is 1.50 bits per heavy atom. The minimum Gasteiger partial charge on any atom is -0.366 e. The summed E-state index contributed by atoms with van der Waals surface area (Å²) in [5.74, 6) is -0.924. The maximum atomic E-state index is 10.5. The number of hydrogen-bond donors (Lipinski definition) is 2. The first kappa shape index (κ1) is 8.68. The molecule has 4 heteroatoms. The quantitative estimate of drug-likeness (QED) is 0.504. The third kappa shape index (κ3) is 4.83. The molecule has 0 aliphatic heterocycles. The molecule has 0 rings (SSSR count). The van der Waals surface area contributed by atoms with Crippen LogP contribution in [0.3, 0.4) is 0 Å². The number of primary amides is 1. The van der Waals surface area contributed by atoms with Gasteiger partial charge in [0, 0.05) is 18.7 Å². The van der Waals surface area contributed by atoms with Crippen molar-refractivity contribution < 1.29 is 9.59 Å². The van der Waals surface area contributed by atoms with Gasteiger partial charge in [-0.25, -0.2) is 0 Å². The van der Waals surface area contributed by atoms with Gasteiger partial charge in [0.15, 0.2) is 0 Å². The van der Waals surface area contributed by atoms with Gasteiger partial charge in [0.25, 0.3) is 0 Å². The Bertz CT molecular complexity index is 163. The van der Waals surface area contributed by atoms with Crippen LogP contribution in [-0.2, 0) is 9.59 Å².